The van der Waals surface area contributed by atoms with Gasteiger partial charge < -0.3 is 0 Å². The molecule has 0 atom stereocenters. The minimum atomic E-state index is -0.260. The summed E-state index contributed by atoms with van der Waals surface area (Å²) in [6.07, 6.45) is 1.60. The fraction of sp³-hybridized carbons (Fsp3) is 0.0667. The smallest absolute Gasteiger partial charge is 0.267 e. The van der Waals surface area contributed by atoms with Crippen LogP contribution in [0.1, 0.15) is 21.5 Å². The van der Waals surface area contributed by atoms with Gasteiger partial charge in [-0.3, -0.25) is 4.79 Å². The van der Waals surface area contributed by atoms with E-state index in [-0.39, 0.29) is 5.91 Å². The summed E-state index contributed by atoms with van der Waals surface area (Å²) >= 11 is 10.3. The van der Waals surface area contributed by atoms with Crippen molar-refractivity contribution in [2.45, 2.75) is 6.92 Å². The van der Waals surface area contributed by atoms with Crippen LogP contribution in [0.3, 0.4) is 0 Å². The number of hydrogen-bond acceptors (Lipinski definition) is 2. The SMILES string of the molecule is Cc1c(Br)cc(/C=N\NC(=O)c2ccccc2Br)cc1Br. The predicted molar refractivity (Wildman–Crippen MR) is 95.8 cm³/mol. The van der Waals surface area contributed by atoms with Gasteiger partial charge in [0.1, 0.15) is 0 Å². The largest absolute Gasteiger partial charge is 0.272 e. The maximum absolute atomic E-state index is 12.0. The fourth-order valence-corrected chi connectivity index (χ4v) is 3.30. The molecule has 1 amide bonds. The minimum absolute atomic E-state index is 0.260. The normalized spacial score (nSPS) is 10.9. The Balaban J connectivity index is 2.10. The molecule has 0 aliphatic rings. The first kappa shape index (κ1) is 16.4. The first-order valence-electron chi connectivity index (χ1n) is 6.02. The maximum Gasteiger partial charge on any atom is 0.272 e. The van der Waals surface area contributed by atoms with Crippen molar-refractivity contribution >= 4 is 59.9 Å². The summed E-state index contributed by atoms with van der Waals surface area (Å²) in [5, 5.41) is 3.98. The highest BCUT2D eigenvalue weighted by Crippen LogP contribution is 2.25. The molecule has 0 aromatic heterocycles. The molecule has 2 rings (SSSR count). The van der Waals surface area contributed by atoms with Gasteiger partial charge in [-0.1, -0.05) is 44.0 Å². The third-order valence-electron chi connectivity index (χ3n) is 2.80. The van der Waals surface area contributed by atoms with Crippen molar-refractivity contribution in [2.24, 2.45) is 5.10 Å². The fourth-order valence-electron chi connectivity index (χ4n) is 1.61. The lowest BCUT2D eigenvalue weighted by Crippen LogP contribution is -2.18. The Kier molecular flexibility index (Phi) is 5.72. The van der Waals surface area contributed by atoms with Gasteiger partial charge in [0.05, 0.1) is 11.8 Å². The molecule has 108 valence electrons. The zero-order valence-electron chi connectivity index (χ0n) is 11.0. The molecule has 6 heteroatoms. The molecule has 0 spiro atoms. The van der Waals surface area contributed by atoms with Crippen LogP contribution in [-0.2, 0) is 0 Å². The minimum Gasteiger partial charge on any atom is -0.267 e. The lowest BCUT2D eigenvalue weighted by atomic mass is 10.2. The molecule has 2 aromatic rings. The van der Waals surface area contributed by atoms with Crippen LogP contribution in [0, 0.1) is 6.92 Å². The van der Waals surface area contributed by atoms with Gasteiger partial charge in [0.2, 0.25) is 0 Å². The molecule has 0 saturated carbocycles. The molecule has 0 aliphatic carbocycles. The molecule has 2 aromatic carbocycles. The summed E-state index contributed by atoms with van der Waals surface area (Å²) in [6.45, 7) is 2.00. The highest BCUT2D eigenvalue weighted by molar-refractivity contribution is 9.11. The Morgan fingerprint density at radius 2 is 1.71 bits per heavy atom. The van der Waals surface area contributed by atoms with Crippen LogP contribution in [0.25, 0.3) is 0 Å². The molecule has 0 saturated heterocycles. The predicted octanol–water partition coefficient (Wildman–Crippen LogP) is 5.05. The van der Waals surface area contributed by atoms with E-state index in [4.69, 9.17) is 0 Å². The second-order valence-corrected chi connectivity index (χ2v) is 6.85. The van der Waals surface area contributed by atoms with Crippen LogP contribution >= 0.6 is 47.8 Å². The Labute approximate surface area is 148 Å². The number of carbonyl (C=O) groups excluding carboxylic acids is 1. The summed E-state index contributed by atoms with van der Waals surface area (Å²) in [6, 6.07) is 11.1. The third-order valence-corrected chi connectivity index (χ3v) is 5.14. The molecule has 0 bridgehead atoms. The quantitative estimate of drug-likeness (QED) is 0.491. The molecule has 0 unspecified atom stereocenters. The van der Waals surface area contributed by atoms with Crippen molar-refractivity contribution in [1.29, 1.82) is 0 Å². The van der Waals surface area contributed by atoms with E-state index in [0.29, 0.717) is 5.56 Å². The first-order valence-corrected chi connectivity index (χ1v) is 8.40. The number of hydrazone groups is 1. The Bertz CT molecular complexity index is 691. The van der Waals surface area contributed by atoms with E-state index in [2.05, 4.69) is 58.3 Å². The van der Waals surface area contributed by atoms with Gasteiger partial charge in [0.25, 0.3) is 5.91 Å². The summed E-state index contributed by atoms with van der Waals surface area (Å²) in [7, 11) is 0. The third kappa shape index (κ3) is 4.25. The van der Waals surface area contributed by atoms with Crippen molar-refractivity contribution < 1.29 is 4.79 Å². The second-order valence-electron chi connectivity index (χ2n) is 4.29. The number of nitrogens with zero attached hydrogens (tertiary/aromatic N) is 1. The average Bonchev–Trinajstić information content (AvgIpc) is 2.45. The Morgan fingerprint density at radius 3 is 2.33 bits per heavy atom. The van der Waals surface area contributed by atoms with E-state index < -0.39 is 0 Å². The van der Waals surface area contributed by atoms with Crippen LogP contribution in [0.15, 0.2) is 54.9 Å². The van der Waals surface area contributed by atoms with Gasteiger partial charge in [0, 0.05) is 13.4 Å². The van der Waals surface area contributed by atoms with Gasteiger partial charge >= 0.3 is 0 Å². The number of rotatable bonds is 3. The van der Waals surface area contributed by atoms with Crippen LogP contribution in [0.5, 0.6) is 0 Å². The van der Waals surface area contributed by atoms with E-state index in [0.717, 1.165) is 24.5 Å². The zero-order valence-corrected chi connectivity index (χ0v) is 15.8. The lowest BCUT2D eigenvalue weighted by molar-refractivity contribution is 0.0954. The van der Waals surface area contributed by atoms with Crippen molar-refractivity contribution in [1.82, 2.24) is 5.43 Å². The highest BCUT2D eigenvalue weighted by atomic mass is 79.9. The van der Waals surface area contributed by atoms with Crippen LogP contribution in [0.4, 0.5) is 0 Å². The number of benzene rings is 2. The number of hydrogen-bond donors (Lipinski definition) is 1. The van der Waals surface area contributed by atoms with Crippen molar-refractivity contribution in [2.75, 3.05) is 0 Å². The van der Waals surface area contributed by atoms with Crippen LogP contribution in [-0.4, -0.2) is 12.1 Å². The molecule has 0 heterocycles. The Morgan fingerprint density at radius 1 is 1.10 bits per heavy atom. The van der Waals surface area contributed by atoms with E-state index in [1.165, 1.54) is 0 Å². The number of nitrogens with one attached hydrogen (secondary N) is 1. The molecule has 0 radical (unpaired) electrons. The highest BCUT2D eigenvalue weighted by Gasteiger charge is 2.07. The van der Waals surface area contributed by atoms with Gasteiger partial charge in [-0.25, -0.2) is 5.43 Å². The number of amides is 1. The molecular formula is C15H11Br3N2O. The lowest BCUT2D eigenvalue weighted by Gasteiger charge is -2.04. The van der Waals surface area contributed by atoms with Crippen molar-refractivity contribution in [3.63, 3.8) is 0 Å². The van der Waals surface area contributed by atoms with Gasteiger partial charge in [-0.2, -0.15) is 5.10 Å². The van der Waals surface area contributed by atoms with E-state index in [1.807, 2.05) is 31.2 Å². The van der Waals surface area contributed by atoms with E-state index in [1.54, 1.807) is 18.3 Å². The summed E-state index contributed by atoms with van der Waals surface area (Å²) in [5.41, 5.74) is 5.05. The molecule has 0 fully saturated rings. The van der Waals surface area contributed by atoms with Crippen molar-refractivity contribution in [3.05, 3.63) is 66.5 Å². The monoisotopic (exact) mass is 472 g/mol. The van der Waals surface area contributed by atoms with Crippen molar-refractivity contribution in [3.8, 4) is 0 Å². The second kappa shape index (κ2) is 7.33. The average molecular weight is 475 g/mol. The summed E-state index contributed by atoms with van der Waals surface area (Å²) in [4.78, 5) is 12.0. The van der Waals surface area contributed by atoms with E-state index in [9.17, 15) is 4.79 Å². The number of halogens is 3. The molecule has 1 N–H and O–H groups in total. The molecule has 0 aliphatic heterocycles. The number of carbonyl (C=O) groups is 1. The Hall–Kier alpha value is -0.980. The maximum atomic E-state index is 12.0. The van der Waals surface area contributed by atoms with Crippen LogP contribution < -0.4 is 5.43 Å². The topological polar surface area (TPSA) is 41.5 Å². The van der Waals surface area contributed by atoms with Gasteiger partial charge in [-0.15, -0.1) is 0 Å². The standard InChI is InChI=1S/C15H11Br3N2O/c1-9-13(17)6-10(7-14(9)18)8-19-20-15(21)11-4-2-3-5-12(11)16/h2-8H,1H3,(H,20,21)/b19-8-. The summed E-state index contributed by atoms with van der Waals surface area (Å²) < 4.78 is 2.70. The molecule has 3 nitrogen and oxygen atoms in total. The van der Waals surface area contributed by atoms with Gasteiger partial charge in [0.15, 0.2) is 0 Å². The van der Waals surface area contributed by atoms with Crippen LogP contribution in [0.2, 0.25) is 0 Å². The zero-order chi connectivity index (χ0) is 15.4. The summed E-state index contributed by atoms with van der Waals surface area (Å²) in [5.74, 6) is -0.260. The van der Waals surface area contributed by atoms with Gasteiger partial charge in [-0.05, 0) is 58.2 Å². The molecule has 21 heavy (non-hydrogen) atoms. The first-order chi connectivity index (χ1) is 9.99. The van der Waals surface area contributed by atoms with E-state index >= 15 is 0 Å². The molecular weight excluding hydrogens is 464 g/mol.